The summed E-state index contributed by atoms with van der Waals surface area (Å²) in [7, 11) is 0. The average Bonchev–Trinajstić information content (AvgIpc) is 2.48. The van der Waals surface area contributed by atoms with Crippen molar-refractivity contribution in [2.75, 3.05) is 0 Å². The first-order valence-corrected chi connectivity index (χ1v) is 6.52. The minimum atomic E-state index is -1.08. The Morgan fingerprint density at radius 1 is 1.00 bits per heavy atom. The highest BCUT2D eigenvalue weighted by Crippen LogP contribution is 2.32. The van der Waals surface area contributed by atoms with Gasteiger partial charge in [0.25, 0.3) is 0 Å². The monoisotopic (exact) mass is 287 g/mol. The van der Waals surface area contributed by atoms with Gasteiger partial charge in [-0.15, -0.1) is 0 Å². The van der Waals surface area contributed by atoms with Crippen LogP contribution in [0.25, 0.3) is 10.9 Å². The molecule has 1 heterocycles. The first kappa shape index (κ1) is 13.0. The second-order valence-electron chi connectivity index (χ2n) is 4.46. The van der Waals surface area contributed by atoms with Gasteiger partial charge < -0.3 is 5.11 Å². The van der Waals surface area contributed by atoms with Crippen molar-refractivity contribution in [3.63, 3.8) is 0 Å². The molecule has 2 aromatic carbocycles. The molecule has 100 valence electrons. The van der Waals surface area contributed by atoms with E-state index in [0.29, 0.717) is 16.1 Å². The maximum absolute atomic E-state index is 13.8. The Balaban J connectivity index is 2.20. The molecule has 0 spiro atoms. The van der Waals surface area contributed by atoms with Crippen LogP contribution in [0.15, 0.2) is 54.7 Å². The first-order valence-electron chi connectivity index (χ1n) is 6.14. The topological polar surface area (TPSA) is 33.1 Å². The summed E-state index contributed by atoms with van der Waals surface area (Å²) in [4.78, 5) is 4.25. The molecule has 0 radical (unpaired) electrons. The molecular weight excluding hydrogens is 277 g/mol. The van der Waals surface area contributed by atoms with E-state index in [9.17, 15) is 9.50 Å². The fraction of sp³-hybridized carbons (Fsp3) is 0.0625. The number of aromatic nitrogens is 1. The van der Waals surface area contributed by atoms with Crippen LogP contribution in [0, 0.1) is 5.82 Å². The van der Waals surface area contributed by atoms with E-state index in [1.54, 1.807) is 42.6 Å². The molecule has 0 aliphatic heterocycles. The Labute approximate surface area is 120 Å². The summed E-state index contributed by atoms with van der Waals surface area (Å²) in [6.45, 7) is 0. The van der Waals surface area contributed by atoms with Crippen LogP contribution in [0.5, 0.6) is 0 Å². The number of benzene rings is 2. The number of rotatable bonds is 2. The van der Waals surface area contributed by atoms with Crippen molar-refractivity contribution in [3.05, 3.63) is 76.7 Å². The lowest BCUT2D eigenvalue weighted by atomic mass is 9.98. The van der Waals surface area contributed by atoms with Crippen LogP contribution < -0.4 is 0 Å². The Hall–Kier alpha value is -1.97. The molecule has 0 saturated carbocycles. The van der Waals surface area contributed by atoms with Gasteiger partial charge in [-0.3, -0.25) is 4.98 Å². The van der Waals surface area contributed by atoms with Crippen molar-refractivity contribution in [2.45, 2.75) is 6.10 Å². The summed E-state index contributed by atoms with van der Waals surface area (Å²) >= 11 is 6.12. The van der Waals surface area contributed by atoms with E-state index in [0.717, 1.165) is 5.39 Å². The van der Waals surface area contributed by atoms with Crippen LogP contribution >= 0.6 is 11.6 Å². The highest BCUT2D eigenvalue weighted by molar-refractivity contribution is 6.35. The number of fused-ring (bicyclic) bond motifs is 1. The van der Waals surface area contributed by atoms with Gasteiger partial charge in [-0.1, -0.05) is 35.9 Å². The second-order valence-corrected chi connectivity index (χ2v) is 4.87. The van der Waals surface area contributed by atoms with E-state index >= 15 is 0 Å². The zero-order valence-electron chi connectivity index (χ0n) is 10.4. The Kier molecular flexibility index (Phi) is 3.38. The third-order valence-corrected chi connectivity index (χ3v) is 3.57. The predicted molar refractivity (Wildman–Crippen MR) is 77.2 cm³/mol. The molecule has 0 bridgehead atoms. The molecule has 1 unspecified atom stereocenters. The minimum absolute atomic E-state index is 0.224. The zero-order chi connectivity index (χ0) is 14.1. The molecule has 3 aromatic rings. The van der Waals surface area contributed by atoms with Gasteiger partial charge in [0.2, 0.25) is 0 Å². The van der Waals surface area contributed by atoms with Crippen molar-refractivity contribution < 1.29 is 9.50 Å². The second kappa shape index (κ2) is 5.19. The third-order valence-electron chi connectivity index (χ3n) is 3.24. The van der Waals surface area contributed by atoms with E-state index in [4.69, 9.17) is 11.6 Å². The largest absolute Gasteiger partial charge is 0.383 e. The van der Waals surface area contributed by atoms with E-state index < -0.39 is 11.9 Å². The summed E-state index contributed by atoms with van der Waals surface area (Å²) < 4.78 is 13.8. The zero-order valence-corrected chi connectivity index (χ0v) is 11.2. The predicted octanol–water partition coefficient (Wildman–Crippen LogP) is 4.11. The summed E-state index contributed by atoms with van der Waals surface area (Å²) in [5.41, 5.74) is 1.34. The molecule has 0 saturated heterocycles. The third kappa shape index (κ3) is 2.15. The normalized spacial score (nSPS) is 12.6. The van der Waals surface area contributed by atoms with Crippen LogP contribution in [-0.2, 0) is 0 Å². The van der Waals surface area contributed by atoms with Gasteiger partial charge in [-0.2, -0.15) is 0 Å². The number of hydrogen-bond donors (Lipinski definition) is 1. The lowest BCUT2D eigenvalue weighted by molar-refractivity contribution is 0.216. The Morgan fingerprint density at radius 3 is 2.60 bits per heavy atom. The van der Waals surface area contributed by atoms with Gasteiger partial charge in [0.1, 0.15) is 11.9 Å². The molecule has 1 atom stereocenters. The van der Waals surface area contributed by atoms with Gasteiger partial charge in [0.15, 0.2) is 0 Å². The van der Waals surface area contributed by atoms with Crippen molar-refractivity contribution in [1.29, 1.82) is 0 Å². The first-order chi connectivity index (χ1) is 9.68. The number of halogens is 2. The quantitative estimate of drug-likeness (QED) is 0.769. The molecule has 2 nitrogen and oxygen atoms in total. The number of aliphatic hydroxyl groups is 1. The minimum Gasteiger partial charge on any atom is -0.383 e. The highest BCUT2D eigenvalue weighted by atomic mass is 35.5. The molecular formula is C16H11ClFNO. The summed E-state index contributed by atoms with van der Waals surface area (Å²) in [5.74, 6) is -0.445. The van der Waals surface area contributed by atoms with Gasteiger partial charge in [-0.05, 0) is 24.3 Å². The fourth-order valence-corrected chi connectivity index (χ4v) is 2.46. The fourth-order valence-electron chi connectivity index (χ4n) is 2.24. The van der Waals surface area contributed by atoms with Gasteiger partial charge in [0, 0.05) is 27.7 Å². The van der Waals surface area contributed by atoms with Crippen LogP contribution in [0.2, 0.25) is 5.02 Å². The number of aliphatic hydroxyl groups excluding tert-OH is 1. The van der Waals surface area contributed by atoms with Crippen LogP contribution in [0.1, 0.15) is 17.2 Å². The van der Waals surface area contributed by atoms with Gasteiger partial charge in [0.05, 0.1) is 5.52 Å². The molecule has 1 aromatic heterocycles. The molecule has 20 heavy (non-hydrogen) atoms. The van der Waals surface area contributed by atoms with Crippen molar-refractivity contribution in [2.24, 2.45) is 0 Å². The molecule has 1 N–H and O–H groups in total. The lowest BCUT2D eigenvalue weighted by Crippen LogP contribution is -2.04. The number of nitrogens with zero attached hydrogens (tertiary/aromatic N) is 1. The molecule has 0 aliphatic carbocycles. The van der Waals surface area contributed by atoms with E-state index in [-0.39, 0.29) is 5.56 Å². The van der Waals surface area contributed by atoms with Crippen LogP contribution in [0.4, 0.5) is 4.39 Å². The molecule has 0 amide bonds. The number of pyridine rings is 1. The summed E-state index contributed by atoms with van der Waals surface area (Å²) in [5, 5.41) is 11.7. The highest BCUT2D eigenvalue weighted by Gasteiger charge is 2.18. The van der Waals surface area contributed by atoms with Crippen molar-refractivity contribution in [1.82, 2.24) is 4.98 Å². The SMILES string of the molecule is OC(c1ccccc1F)c1ccc(Cl)c2cccnc12. The molecule has 4 heteroatoms. The summed E-state index contributed by atoms with van der Waals surface area (Å²) in [6.07, 6.45) is 0.543. The maximum Gasteiger partial charge on any atom is 0.129 e. The van der Waals surface area contributed by atoms with Crippen molar-refractivity contribution in [3.8, 4) is 0 Å². The average molecular weight is 288 g/mol. The van der Waals surface area contributed by atoms with Crippen LogP contribution in [-0.4, -0.2) is 10.1 Å². The smallest absolute Gasteiger partial charge is 0.129 e. The van der Waals surface area contributed by atoms with E-state index in [1.165, 1.54) is 6.07 Å². The Morgan fingerprint density at radius 2 is 1.80 bits per heavy atom. The van der Waals surface area contributed by atoms with Crippen molar-refractivity contribution >= 4 is 22.5 Å². The van der Waals surface area contributed by atoms with E-state index in [1.807, 2.05) is 6.07 Å². The van der Waals surface area contributed by atoms with Crippen LogP contribution in [0.3, 0.4) is 0 Å². The van der Waals surface area contributed by atoms with Gasteiger partial charge in [-0.25, -0.2) is 4.39 Å². The maximum atomic E-state index is 13.8. The van der Waals surface area contributed by atoms with Gasteiger partial charge >= 0.3 is 0 Å². The summed E-state index contributed by atoms with van der Waals surface area (Å²) in [6, 6.07) is 13.1. The molecule has 3 rings (SSSR count). The molecule has 0 fully saturated rings. The lowest BCUT2D eigenvalue weighted by Gasteiger charge is -2.14. The standard InChI is InChI=1S/C16H11ClFNO/c17-13-8-7-12(15-10(13)5-3-9-19-15)16(20)11-4-1-2-6-14(11)18/h1-9,16,20H. The van der Waals surface area contributed by atoms with E-state index in [2.05, 4.69) is 4.98 Å². The number of hydrogen-bond acceptors (Lipinski definition) is 2. The molecule has 0 aliphatic rings. The Bertz CT molecular complexity index is 775.